The van der Waals surface area contributed by atoms with Gasteiger partial charge in [-0.05, 0) is 19.3 Å². The van der Waals surface area contributed by atoms with Crippen LogP contribution in [0.1, 0.15) is 90.4 Å². The Morgan fingerprint density at radius 2 is 1.35 bits per heavy atom. The summed E-state index contributed by atoms with van der Waals surface area (Å²) in [6, 6.07) is 0. The van der Waals surface area contributed by atoms with Gasteiger partial charge in [-0.25, -0.2) is 0 Å². The normalized spacial score (nSPS) is 13.7. The van der Waals surface area contributed by atoms with Crippen LogP contribution in [0.15, 0.2) is 0 Å². The van der Waals surface area contributed by atoms with Crippen molar-refractivity contribution in [2.75, 3.05) is 0 Å². The first-order chi connectivity index (χ1) is 11.0. The molecule has 0 saturated heterocycles. The second kappa shape index (κ2) is 14.6. The summed E-state index contributed by atoms with van der Waals surface area (Å²) in [5.41, 5.74) is 0. The lowest BCUT2D eigenvalue weighted by atomic mass is 9.99. The van der Waals surface area contributed by atoms with Crippen LogP contribution in [0.5, 0.6) is 0 Å². The second-order valence-corrected chi connectivity index (χ2v) is 6.39. The number of hydrogen-bond acceptors (Lipinski definition) is 4. The molecule has 0 bridgehead atoms. The van der Waals surface area contributed by atoms with Gasteiger partial charge in [0.1, 0.15) is 5.78 Å². The van der Waals surface area contributed by atoms with E-state index in [-0.39, 0.29) is 18.6 Å². The Bertz CT molecular complexity index is 317. The van der Waals surface area contributed by atoms with Crippen molar-refractivity contribution in [2.24, 2.45) is 0 Å². The Hall–Kier alpha value is -0.940. The lowest BCUT2D eigenvalue weighted by molar-refractivity contribution is -0.137. The SMILES string of the molecule is CCCCCCC(=O)C[C@@H](O)[C@@H](O)CCCCCCCC(=O)O. The summed E-state index contributed by atoms with van der Waals surface area (Å²) < 4.78 is 0. The predicted molar refractivity (Wildman–Crippen MR) is 90.4 cm³/mol. The van der Waals surface area contributed by atoms with Crippen molar-refractivity contribution in [2.45, 2.75) is 103 Å². The van der Waals surface area contributed by atoms with Crippen LogP contribution in [0.25, 0.3) is 0 Å². The van der Waals surface area contributed by atoms with Gasteiger partial charge in [0.2, 0.25) is 0 Å². The monoisotopic (exact) mass is 330 g/mol. The van der Waals surface area contributed by atoms with Gasteiger partial charge in [-0.3, -0.25) is 9.59 Å². The highest BCUT2D eigenvalue weighted by atomic mass is 16.4. The minimum atomic E-state index is -0.958. The average molecular weight is 330 g/mol. The highest BCUT2D eigenvalue weighted by Crippen LogP contribution is 2.13. The number of carboxylic acid groups (broad SMARTS) is 1. The maximum Gasteiger partial charge on any atom is 0.303 e. The maximum absolute atomic E-state index is 11.7. The molecule has 2 atom stereocenters. The molecule has 5 heteroatoms. The number of ketones is 1. The summed E-state index contributed by atoms with van der Waals surface area (Å²) in [6.45, 7) is 2.12. The Morgan fingerprint density at radius 1 is 0.783 bits per heavy atom. The molecule has 5 nitrogen and oxygen atoms in total. The number of aliphatic carboxylic acids is 1. The maximum atomic E-state index is 11.7. The summed E-state index contributed by atoms with van der Waals surface area (Å²) in [6.07, 6.45) is 7.81. The summed E-state index contributed by atoms with van der Waals surface area (Å²) >= 11 is 0. The topological polar surface area (TPSA) is 94.8 Å². The quantitative estimate of drug-likeness (QED) is 0.377. The molecule has 0 fully saturated rings. The molecular formula is C18H34O5. The van der Waals surface area contributed by atoms with Gasteiger partial charge in [0.25, 0.3) is 0 Å². The third-order valence-corrected chi connectivity index (χ3v) is 4.08. The zero-order chi connectivity index (χ0) is 17.5. The van der Waals surface area contributed by atoms with E-state index in [1.807, 2.05) is 0 Å². The number of rotatable bonds is 16. The van der Waals surface area contributed by atoms with Crippen molar-refractivity contribution in [3.63, 3.8) is 0 Å². The highest BCUT2D eigenvalue weighted by molar-refractivity contribution is 5.78. The number of carbonyl (C=O) groups excluding carboxylic acids is 1. The third-order valence-electron chi connectivity index (χ3n) is 4.08. The molecule has 0 saturated carbocycles. The van der Waals surface area contributed by atoms with Gasteiger partial charge in [0.15, 0.2) is 0 Å². The van der Waals surface area contributed by atoms with Gasteiger partial charge in [0.05, 0.1) is 12.2 Å². The summed E-state index contributed by atoms with van der Waals surface area (Å²) in [5.74, 6) is -0.732. The van der Waals surface area contributed by atoms with Crippen LogP contribution >= 0.6 is 0 Å². The first-order valence-corrected chi connectivity index (χ1v) is 9.07. The second-order valence-electron chi connectivity index (χ2n) is 6.39. The zero-order valence-corrected chi connectivity index (χ0v) is 14.5. The third kappa shape index (κ3) is 14.4. The van der Waals surface area contributed by atoms with E-state index in [2.05, 4.69) is 6.92 Å². The summed E-state index contributed by atoms with van der Waals surface area (Å²) in [7, 11) is 0. The fourth-order valence-corrected chi connectivity index (χ4v) is 2.57. The molecule has 0 unspecified atom stereocenters. The molecule has 0 amide bonds. The lowest BCUT2D eigenvalue weighted by Crippen LogP contribution is -2.28. The molecule has 136 valence electrons. The Labute approximate surface area is 140 Å². The highest BCUT2D eigenvalue weighted by Gasteiger charge is 2.19. The number of aliphatic hydroxyl groups is 2. The number of aliphatic hydroxyl groups excluding tert-OH is 2. The average Bonchev–Trinajstić information content (AvgIpc) is 2.50. The Balaban J connectivity index is 3.59. The van der Waals surface area contributed by atoms with Crippen molar-refractivity contribution in [3.05, 3.63) is 0 Å². The minimum Gasteiger partial charge on any atom is -0.481 e. The molecule has 0 aromatic rings. The Morgan fingerprint density at radius 3 is 2.00 bits per heavy atom. The zero-order valence-electron chi connectivity index (χ0n) is 14.5. The van der Waals surface area contributed by atoms with Crippen LogP contribution in [0.2, 0.25) is 0 Å². The summed E-state index contributed by atoms with van der Waals surface area (Å²) in [5, 5.41) is 28.2. The molecule has 0 aromatic heterocycles. The van der Waals surface area contributed by atoms with Crippen molar-refractivity contribution >= 4 is 11.8 Å². The van der Waals surface area contributed by atoms with Crippen LogP contribution in [0, 0.1) is 0 Å². The number of Topliss-reactive ketones (excluding diaryl/α,β-unsaturated/α-hetero) is 1. The van der Waals surface area contributed by atoms with Crippen LogP contribution in [0.4, 0.5) is 0 Å². The number of carboxylic acids is 1. The van der Waals surface area contributed by atoms with Crippen LogP contribution in [-0.2, 0) is 9.59 Å². The number of carbonyl (C=O) groups is 2. The molecule has 0 radical (unpaired) electrons. The Kier molecular flexibility index (Phi) is 14.0. The van der Waals surface area contributed by atoms with Gasteiger partial charge < -0.3 is 15.3 Å². The van der Waals surface area contributed by atoms with E-state index in [1.54, 1.807) is 0 Å². The molecule has 0 aliphatic carbocycles. The molecule has 23 heavy (non-hydrogen) atoms. The fourth-order valence-electron chi connectivity index (χ4n) is 2.57. The smallest absolute Gasteiger partial charge is 0.303 e. The van der Waals surface area contributed by atoms with E-state index in [0.29, 0.717) is 19.3 Å². The van der Waals surface area contributed by atoms with Crippen molar-refractivity contribution < 1.29 is 24.9 Å². The van der Waals surface area contributed by atoms with Crippen LogP contribution < -0.4 is 0 Å². The van der Waals surface area contributed by atoms with E-state index in [1.165, 1.54) is 0 Å². The van der Waals surface area contributed by atoms with Crippen molar-refractivity contribution in [1.29, 1.82) is 0 Å². The van der Waals surface area contributed by atoms with E-state index in [4.69, 9.17) is 5.11 Å². The van der Waals surface area contributed by atoms with Crippen molar-refractivity contribution in [3.8, 4) is 0 Å². The largest absolute Gasteiger partial charge is 0.481 e. The van der Waals surface area contributed by atoms with Crippen LogP contribution in [0.3, 0.4) is 0 Å². The fraction of sp³-hybridized carbons (Fsp3) is 0.889. The van der Waals surface area contributed by atoms with Gasteiger partial charge in [-0.2, -0.15) is 0 Å². The predicted octanol–water partition coefficient (Wildman–Crippen LogP) is 3.45. The molecule has 0 aliphatic rings. The van der Waals surface area contributed by atoms with Gasteiger partial charge >= 0.3 is 5.97 Å². The van der Waals surface area contributed by atoms with E-state index >= 15 is 0 Å². The van der Waals surface area contributed by atoms with E-state index in [9.17, 15) is 19.8 Å². The number of hydrogen-bond donors (Lipinski definition) is 3. The molecule has 3 N–H and O–H groups in total. The molecule has 0 aromatic carbocycles. The molecular weight excluding hydrogens is 296 g/mol. The van der Waals surface area contributed by atoms with E-state index < -0.39 is 18.2 Å². The molecule has 0 spiro atoms. The first-order valence-electron chi connectivity index (χ1n) is 9.07. The minimum absolute atomic E-state index is 0.0290. The van der Waals surface area contributed by atoms with Gasteiger partial charge in [-0.15, -0.1) is 0 Å². The molecule has 0 rings (SSSR count). The molecule has 0 heterocycles. The van der Waals surface area contributed by atoms with E-state index in [0.717, 1.165) is 51.4 Å². The van der Waals surface area contributed by atoms with Gasteiger partial charge in [-0.1, -0.05) is 51.9 Å². The number of unbranched alkanes of at least 4 members (excludes halogenated alkanes) is 7. The van der Waals surface area contributed by atoms with Gasteiger partial charge in [0, 0.05) is 19.3 Å². The standard InChI is InChI=1S/C18H34O5/c1-2-3-4-8-11-15(19)14-17(21)16(20)12-9-6-5-7-10-13-18(22)23/h16-17,20-21H,2-14H2,1H3,(H,22,23)/t16-,17+/m0/s1. The van der Waals surface area contributed by atoms with Crippen molar-refractivity contribution in [1.82, 2.24) is 0 Å². The van der Waals surface area contributed by atoms with Crippen LogP contribution in [-0.4, -0.2) is 39.3 Å². The molecule has 0 aliphatic heterocycles. The lowest BCUT2D eigenvalue weighted by Gasteiger charge is -2.17. The summed E-state index contributed by atoms with van der Waals surface area (Å²) in [4.78, 5) is 22.1. The first kappa shape index (κ1) is 22.1.